The number of ether oxygens (including phenoxy) is 1. The standard InChI is InChI=1S/C24H38F4N3O3Si/c1-23(2,3)35(4,5)34-15-9-19-7-6-8-20(21(19)25)17-29-12-10-24(11-13-29)18-30(14-16-33-24)22(32)31(26,27)28/h6-8H,9-18H2,1-5H3/q+1. The second kappa shape index (κ2) is 10.4. The Morgan fingerprint density at radius 1 is 1.14 bits per heavy atom. The molecule has 0 N–H and O–H groups in total. The summed E-state index contributed by atoms with van der Waals surface area (Å²) in [6.07, 6.45) is 1.48. The minimum atomic E-state index is -4.21. The van der Waals surface area contributed by atoms with Crippen LogP contribution in [0.15, 0.2) is 18.2 Å². The smallest absolute Gasteiger partial charge is 0.416 e. The molecule has 1 aromatic carbocycles. The van der Waals surface area contributed by atoms with Crippen molar-refractivity contribution < 1.29 is 36.9 Å². The average Bonchev–Trinajstić information content (AvgIpc) is 2.76. The third-order valence-corrected chi connectivity index (χ3v) is 12.2. The molecule has 11 heteroatoms. The summed E-state index contributed by atoms with van der Waals surface area (Å²) >= 11 is 0. The highest BCUT2D eigenvalue weighted by Crippen LogP contribution is 2.37. The van der Waals surface area contributed by atoms with Gasteiger partial charge in [-0.1, -0.05) is 39.0 Å². The SMILES string of the molecule is CC(C)(C)[Si](C)(C)OCCc1cccc(CN2CCC3(CC2)CN(C(=O)[N+](F)(F)F)CCO3)c1F. The molecule has 0 atom stereocenters. The normalized spacial score (nSPS) is 19.9. The minimum Gasteiger partial charge on any atom is -0.416 e. The fourth-order valence-corrected chi connectivity index (χ4v) is 5.46. The van der Waals surface area contributed by atoms with E-state index in [0.29, 0.717) is 56.6 Å². The van der Waals surface area contributed by atoms with Gasteiger partial charge >= 0.3 is 11.2 Å². The van der Waals surface area contributed by atoms with Crippen LogP contribution in [0.25, 0.3) is 0 Å². The van der Waals surface area contributed by atoms with Gasteiger partial charge in [0.25, 0.3) is 0 Å². The van der Waals surface area contributed by atoms with Gasteiger partial charge in [0.1, 0.15) is 19.3 Å². The molecule has 2 saturated heterocycles. The van der Waals surface area contributed by atoms with Crippen LogP contribution in [0.4, 0.5) is 22.6 Å². The Morgan fingerprint density at radius 2 is 1.77 bits per heavy atom. The molecule has 0 radical (unpaired) electrons. The first-order valence-corrected chi connectivity index (χ1v) is 15.1. The highest BCUT2D eigenvalue weighted by atomic mass is 28.4. The Kier molecular flexibility index (Phi) is 8.37. The third kappa shape index (κ3) is 6.82. The maximum absolute atomic E-state index is 15.2. The summed E-state index contributed by atoms with van der Waals surface area (Å²) in [5, 5.41) is -4.12. The van der Waals surface area contributed by atoms with Crippen LogP contribution >= 0.6 is 0 Å². The van der Waals surface area contributed by atoms with Gasteiger partial charge in [-0.15, -0.1) is 0 Å². The highest BCUT2D eigenvalue weighted by molar-refractivity contribution is 6.74. The van der Waals surface area contributed by atoms with Gasteiger partial charge in [0.05, 0.1) is 25.3 Å². The molecule has 1 spiro atoms. The predicted octanol–water partition coefficient (Wildman–Crippen LogP) is 5.65. The Morgan fingerprint density at radius 3 is 2.37 bits per heavy atom. The minimum absolute atomic E-state index is 0.0702. The van der Waals surface area contributed by atoms with E-state index in [-0.39, 0.29) is 30.6 Å². The van der Waals surface area contributed by atoms with Crippen molar-refractivity contribution in [2.75, 3.05) is 39.4 Å². The quantitative estimate of drug-likeness (QED) is 0.276. The number of hydrogen-bond acceptors (Lipinski definition) is 4. The summed E-state index contributed by atoms with van der Waals surface area (Å²) in [7, 11) is -1.90. The van der Waals surface area contributed by atoms with E-state index in [4.69, 9.17) is 9.16 Å². The topological polar surface area (TPSA) is 42.0 Å². The van der Waals surface area contributed by atoms with E-state index in [2.05, 4.69) is 38.8 Å². The Hall–Kier alpha value is -1.53. The number of halogens is 4. The van der Waals surface area contributed by atoms with Crippen LogP contribution < -0.4 is 0 Å². The van der Waals surface area contributed by atoms with Crippen molar-refractivity contribution in [3.63, 3.8) is 0 Å². The van der Waals surface area contributed by atoms with E-state index in [1.165, 1.54) is 0 Å². The molecule has 0 aromatic heterocycles. The van der Waals surface area contributed by atoms with Crippen molar-refractivity contribution in [1.29, 1.82) is 0 Å². The number of carbonyl (C=O) groups is 1. The van der Waals surface area contributed by atoms with Crippen LogP contribution in [0, 0.1) is 5.82 Å². The number of hydrogen-bond donors (Lipinski definition) is 0. The molecular formula is C24H38F4N3O3Si+. The number of piperidine rings is 1. The van der Waals surface area contributed by atoms with Gasteiger partial charge in [-0.2, -0.15) is 4.79 Å². The maximum Gasteiger partial charge on any atom is 0.541 e. The number of morpholine rings is 1. The Labute approximate surface area is 206 Å². The molecule has 1 aromatic rings. The van der Waals surface area contributed by atoms with Crippen molar-refractivity contribution in [3.05, 3.63) is 35.1 Å². The second-order valence-electron chi connectivity index (χ2n) is 11.2. The number of rotatable bonds is 6. The first-order valence-electron chi connectivity index (χ1n) is 12.2. The van der Waals surface area contributed by atoms with Crippen LogP contribution in [-0.2, 0) is 22.1 Å². The molecule has 6 nitrogen and oxygen atoms in total. The van der Waals surface area contributed by atoms with Gasteiger partial charge < -0.3 is 9.16 Å². The molecule has 198 valence electrons. The van der Waals surface area contributed by atoms with E-state index < -0.39 is 25.1 Å². The fraction of sp³-hybridized carbons (Fsp3) is 0.708. The lowest BCUT2D eigenvalue weighted by Gasteiger charge is -2.46. The summed E-state index contributed by atoms with van der Waals surface area (Å²) in [5.41, 5.74) is 0.451. The van der Waals surface area contributed by atoms with Crippen LogP contribution in [0.1, 0.15) is 44.7 Å². The van der Waals surface area contributed by atoms with Gasteiger partial charge in [-0.25, -0.2) is 4.39 Å². The van der Waals surface area contributed by atoms with Crippen molar-refractivity contribution in [2.45, 2.75) is 70.3 Å². The Bertz CT molecular complexity index is 897. The molecule has 2 amide bonds. The van der Waals surface area contributed by atoms with Crippen molar-refractivity contribution in [3.8, 4) is 0 Å². The molecule has 2 aliphatic heterocycles. The lowest BCUT2D eigenvalue weighted by molar-refractivity contribution is -1.21. The molecule has 0 saturated carbocycles. The largest absolute Gasteiger partial charge is 0.541 e. The van der Waals surface area contributed by atoms with Gasteiger partial charge in [0, 0.05) is 31.8 Å². The summed E-state index contributed by atoms with van der Waals surface area (Å²) in [4.78, 5) is 14.6. The first-order chi connectivity index (χ1) is 16.1. The number of amides is 2. The fourth-order valence-electron chi connectivity index (χ4n) is 4.41. The number of quaternary nitrogens is 1. The number of likely N-dealkylation sites (tertiary alicyclic amines) is 1. The van der Waals surface area contributed by atoms with Crippen molar-refractivity contribution >= 4 is 14.3 Å². The zero-order chi connectivity index (χ0) is 26.1. The van der Waals surface area contributed by atoms with Crippen molar-refractivity contribution in [2.24, 2.45) is 0 Å². The molecule has 2 heterocycles. The molecule has 35 heavy (non-hydrogen) atoms. The molecular weight excluding hydrogens is 482 g/mol. The number of benzene rings is 1. The van der Waals surface area contributed by atoms with Crippen LogP contribution in [0.2, 0.25) is 18.1 Å². The molecule has 0 unspecified atom stereocenters. The zero-order valence-electron chi connectivity index (χ0n) is 21.4. The summed E-state index contributed by atoms with van der Waals surface area (Å²) < 4.78 is 65.7. The van der Waals surface area contributed by atoms with E-state index in [0.717, 1.165) is 4.90 Å². The van der Waals surface area contributed by atoms with Gasteiger partial charge in [0.15, 0.2) is 8.32 Å². The lowest BCUT2D eigenvalue weighted by atomic mass is 9.89. The number of nitrogens with zero attached hydrogens (tertiary/aromatic N) is 3. The summed E-state index contributed by atoms with van der Waals surface area (Å²) in [5.74, 6) is -0.222. The molecule has 0 aliphatic carbocycles. The monoisotopic (exact) mass is 520 g/mol. The molecule has 0 bridgehead atoms. The second-order valence-corrected chi connectivity index (χ2v) is 16.0. The van der Waals surface area contributed by atoms with E-state index >= 15 is 4.39 Å². The van der Waals surface area contributed by atoms with Crippen LogP contribution in [0.3, 0.4) is 0 Å². The van der Waals surface area contributed by atoms with Crippen LogP contribution in [-0.4, -0.2) is 74.3 Å². The average molecular weight is 521 g/mol. The number of urea groups is 1. The van der Waals surface area contributed by atoms with E-state index in [1.807, 2.05) is 6.07 Å². The zero-order valence-corrected chi connectivity index (χ0v) is 22.4. The molecule has 2 fully saturated rings. The molecule has 3 rings (SSSR count). The summed E-state index contributed by atoms with van der Waals surface area (Å²) in [6, 6.07) is 3.55. The highest BCUT2D eigenvalue weighted by Gasteiger charge is 2.52. The van der Waals surface area contributed by atoms with Gasteiger partial charge in [-0.3, -0.25) is 9.80 Å². The van der Waals surface area contributed by atoms with E-state index in [9.17, 15) is 18.2 Å². The molecule has 2 aliphatic rings. The van der Waals surface area contributed by atoms with Gasteiger partial charge in [0.2, 0.25) is 0 Å². The number of carbonyl (C=O) groups excluding carboxylic acids is 1. The van der Waals surface area contributed by atoms with Crippen LogP contribution in [0.5, 0.6) is 0 Å². The van der Waals surface area contributed by atoms with Crippen molar-refractivity contribution in [1.82, 2.24) is 9.80 Å². The first kappa shape index (κ1) is 28.0. The van der Waals surface area contributed by atoms with Gasteiger partial charge in [-0.05, 0) is 43.0 Å². The van der Waals surface area contributed by atoms with E-state index in [1.54, 1.807) is 12.1 Å². The summed E-state index contributed by atoms with van der Waals surface area (Å²) in [6.45, 7) is 12.8. The lowest BCUT2D eigenvalue weighted by Crippen LogP contribution is -2.59. The Balaban J connectivity index is 1.55. The maximum atomic E-state index is 15.2. The predicted molar refractivity (Wildman–Crippen MR) is 127 cm³/mol. The third-order valence-electron chi connectivity index (χ3n) is 7.70.